The Labute approximate surface area is 151 Å². The molecule has 3 heterocycles. The summed E-state index contributed by atoms with van der Waals surface area (Å²) in [5.74, 6) is 0. The van der Waals surface area contributed by atoms with Gasteiger partial charge in [-0.3, -0.25) is 14.3 Å². The van der Waals surface area contributed by atoms with Gasteiger partial charge in [-0.25, -0.2) is 4.98 Å². The van der Waals surface area contributed by atoms with Gasteiger partial charge in [0.2, 0.25) is 0 Å². The molecule has 0 spiro atoms. The number of aromatic nitrogens is 3. The summed E-state index contributed by atoms with van der Waals surface area (Å²) in [5.41, 5.74) is 3.01. The van der Waals surface area contributed by atoms with Crippen LogP contribution in [0.4, 0.5) is 5.69 Å². The fraction of sp³-hybridized carbons (Fsp3) is 0.421. The van der Waals surface area contributed by atoms with Gasteiger partial charge in [0.1, 0.15) is 6.26 Å². The SMILES string of the molecule is CC(C)n1cnc2cc(N3CCN(Cc4cnoc4)CC3)ccc2c1=O. The van der Waals surface area contributed by atoms with Crippen LogP contribution in [0.2, 0.25) is 0 Å². The lowest BCUT2D eigenvalue weighted by atomic mass is 10.2. The Bertz CT molecular complexity index is 940. The van der Waals surface area contributed by atoms with Crippen LogP contribution in [-0.2, 0) is 6.54 Å². The minimum absolute atomic E-state index is 0.0232. The van der Waals surface area contributed by atoms with E-state index < -0.39 is 0 Å². The third-order valence-electron chi connectivity index (χ3n) is 4.95. The third-order valence-corrected chi connectivity index (χ3v) is 4.95. The average molecular weight is 353 g/mol. The molecule has 0 amide bonds. The van der Waals surface area contributed by atoms with E-state index in [1.54, 1.807) is 23.4 Å². The van der Waals surface area contributed by atoms with Gasteiger partial charge < -0.3 is 9.42 Å². The molecule has 1 fully saturated rings. The normalized spacial score (nSPS) is 15.9. The largest absolute Gasteiger partial charge is 0.369 e. The van der Waals surface area contributed by atoms with Gasteiger partial charge in [-0.1, -0.05) is 5.16 Å². The number of nitrogens with zero attached hydrogens (tertiary/aromatic N) is 5. The van der Waals surface area contributed by atoms with Gasteiger partial charge in [-0.05, 0) is 32.0 Å². The molecule has 3 aromatic rings. The first-order chi connectivity index (χ1) is 12.6. The summed E-state index contributed by atoms with van der Waals surface area (Å²) in [7, 11) is 0. The van der Waals surface area contributed by atoms with Crippen molar-refractivity contribution in [3.05, 3.63) is 52.9 Å². The lowest BCUT2D eigenvalue weighted by Gasteiger charge is -2.35. The molecule has 26 heavy (non-hydrogen) atoms. The Hall–Kier alpha value is -2.67. The summed E-state index contributed by atoms with van der Waals surface area (Å²) in [6, 6.07) is 6.07. The van der Waals surface area contributed by atoms with Gasteiger partial charge in [0.15, 0.2) is 0 Å². The van der Waals surface area contributed by atoms with Crippen LogP contribution in [-0.4, -0.2) is 45.8 Å². The second-order valence-electron chi connectivity index (χ2n) is 7.05. The molecule has 1 aliphatic rings. The highest BCUT2D eigenvalue weighted by Crippen LogP contribution is 2.21. The molecule has 0 N–H and O–H groups in total. The topological polar surface area (TPSA) is 67.4 Å². The Morgan fingerprint density at radius 2 is 2.00 bits per heavy atom. The number of benzene rings is 1. The van der Waals surface area contributed by atoms with Crippen molar-refractivity contribution in [3.8, 4) is 0 Å². The maximum Gasteiger partial charge on any atom is 0.261 e. The van der Waals surface area contributed by atoms with Crippen LogP contribution >= 0.6 is 0 Å². The smallest absolute Gasteiger partial charge is 0.261 e. The molecule has 136 valence electrons. The molecule has 0 aliphatic carbocycles. The second kappa shape index (κ2) is 6.92. The molecule has 7 heteroatoms. The van der Waals surface area contributed by atoms with Gasteiger partial charge >= 0.3 is 0 Å². The summed E-state index contributed by atoms with van der Waals surface area (Å²) in [5, 5.41) is 4.43. The number of piperazine rings is 1. The Morgan fingerprint density at radius 1 is 1.19 bits per heavy atom. The average Bonchev–Trinajstić information content (AvgIpc) is 3.15. The molecule has 0 atom stereocenters. The zero-order valence-corrected chi connectivity index (χ0v) is 15.1. The molecule has 1 saturated heterocycles. The van der Waals surface area contributed by atoms with E-state index >= 15 is 0 Å². The first-order valence-electron chi connectivity index (χ1n) is 8.98. The molecular formula is C19H23N5O2. The van der Waals surface area contributed by atoms with Crippen molar-refractivity contribution in [1.29, 1.82) is 0 Å². The van der Waals surface area contributed by atoms with E-state index in [0.717, 1.165) is 49.5 Å². The fourth-order valence-electron chi connectivity index (χ4n) is 3.42. The van der Waals surface area contributed by atoms with Gasteiger partial charge in [0.25, 0.3) is 5.56 Å². The summed E-state index contributed by atoms with van der Waals surface area (Å²) in [4.78, 5) is 21.8. The molecule has 1 aromatic carbocycles. The molecule has 0 unspecified atom stereocenters. The van der Waals surface area contributed by atoms with Crippen LogP contribution in [0.3, 0.4) is 0 Å². The first kappa shape index (κ1) is 16.8. The number of hydrogen-bond donors (Lipinski definition) is 0. The Balaban J connectivity index is 1.49. The van der Waals surface area contributed by atoms with Crippen LogP contribution < -0.4 is 10.5 Å². The zero-order valence-electron chi connectivity index (χ0n) is 15.1. The molecule has 0 bridgehead atoms. The Kier molecular flexibility index (Phi) is 4.46. The monoisotopic (exact) mass is 353 g/mol. The van der Waals surface area contributed by atoms with Crippen molar-refractivity contribution in [2.45, 2.75) is 26.4 Å². The van der Waals surface area contributed by atoms with E-state index in [9.17, 15) is 4.79 Å². The zero-order chi connectivity index (χ0) is 18.1. The summed E-state index contributed by atoms with van der Waals surface area (Å²) in [6.07, 6.45) is 5.12. The van der Waals surface area contributed by atoms with E-state index in [4.69, 9.17) is 4.52 Å². The predicted octanol–water partition coefficient (Wildman–Crippen LogP) is 2.29. The van der Waals surface area contributed by atoms with E-state index in [0.29, 0.717) is 5.39 Å². The molecular weight excluding hydrogens is 330 g/mol. The van der Waals surface area contributed by atoms with Gasteiger partial charge in [-0.2, -0.15) is 0 Å². The van der Waals surface area contributed by atoms with Crippen LogP contribution in [0.1, 0.15) is 25.5 Å². The molecule has 0 radical (unpaired) electrons. The van der Waals surface area contributed by atoms with Crippen LogP contribution in [0.25, 0.3) is 10.9 Å². The standard InChI is InChI=1S/C19H23N5O2/c1-14(2)24-13-20-18-9-16(3-4-17(18)19(24)25)23-7-5-22(6-8-23)11-15-10-21-26-12-15/h3-4,9-10,12-14H,5-8,11H2,1-2H3. The summed E-state index contributed by atoms with van der Waals surface area (Å²) in [6.45, 7) is 8.69. The molecule has 7 nitrogen and oxygen atoms in total. The minimum Gasteiger partial charge on any atom is -0.369 e. The van der Waals surface area contributed by atoms with Crippen molar-refractivity contribution in [3.63, 3.8) is 0 Å². The third kappa shape index (κ3) is 3.22. The number of anilines is 1. The summed E-state index contributed by atoms with van der Waals surface area (Å²) < 4.78 is 6.57. The Morgan fingerprint density at radius 3 is 2.69 bits per heavy atom. The van der Waals surface area contributed by atoms with Gasteiger partial charge in [0, 0.05) is 50.0 Å². The van der Waals surface area contributed by atoms with E-state index in [2.05, 4.69) is 19.9 Å². The van der Waals surface area contributed by atoms with Crippen LogP contribution in [0.15, 0.2) is 46.3 Å². The molecule has 4 rings (SSSR count). The highest BCUT2D eigenvalue weighted by molar-refractivity contribution is 5.81. The van der Waals surface area contributed by atoms with Gasteiger partial charge in [-0.15, -0.1) is 0 Å². The second-order valence-corrected chi connectivity index (χ2v) is 7.05. The maximum absolute atomic E-state index is 12.5. The van der Waals surface area contributed by atoms with Crippen molar-refractivity contribution in [2.75, 3.05) is 31.1 Å². The van der Waals surface area contributed by atoms with Gasteiger partial charge in [0.05, 0.1) is 23.4 Å². The first-order valence-corrected chi connectivity index (χ1v) is 8.98. The molecule has 1 aliphatic heterocycles. The van der Waals surface area contributed by atoms with Crippen molar-refractivity contribution in [2.24, 2.45) is 0 Å². The highest BCUT2D eigenvalue weighted by Gasteiger charge is 2.18. The molecule has 0 saturated carbocycles. The van der Waals surface area contributed by atoms with E-state index in [1.165, 1.54) is 0 Å². The lowest BCUT2D eigenvalue weighted by molar-refractivity contribution is 0.249. The number of hydrogen-bond acceptors (Lipinski definition) is 6. The van der Waals surface area contributed by atoms with Crippen LogP contribution in [0, 0.1) is 0 Å². The lowest BCUT2D eigenvalue weighted by Crippen LogP contribution is -2.45. The highest BCUT2D eigenvalue weighted by atomic mass is 16.5. The van der Waals surface area contributed by atoms with Crippen molar-refractivity contribution >= 4 is 16.6 Å². The quantitative estimate of drug-likeness (QED) is 0.717. The van der Waals surface area contributed by atoms with Crippen molar-refractivity contribution < 1.29 is 4.52 Å². The minimum atomic E-state index is 0.0232. The summed E-state index contributed by atoms with van der Waals surface area (Å²) >= 11 is 0. The van der Waals surface area contributed by atoms with E-state index in [1.807, 2.05) is 32.0 Å². The molecule has 2 aromatic heterocycles. The fourth-order valence-corrected chi connectivity index (χ4v) is 3.42. The van der Waals surface area contributed by atoms with Crippen molar-refractivity contribution in [1.82, 2.24) is 19.6 Å². The van der Waals surface area contributed by atoms with E-state index in [-0.39, 0.29) is 11.6 Å². The number of fused-ring (bicyclic) bond motifs is 1. The predicted molar refractivity (Wildman–Crippen MR) is 100 cm³/mol. The number of rotatable bonds is 4. The van der Waals surface area contributed by atoms with Crippen LogP contribution in [0.5, 0.6) is 0 Å². The maximum atomic E-state index is 12.5.